The minimum atomic E-state index is -0.762. The molecule has 0 radical (unpaired) electrons. The van der Waals surface area contributed by atoms with Gasteiger partial charge in [0, 0.05) is 6.42 Å². The Morgan fingerprint density at radius 1 is 1.03 bits per heavy atom. The van der Waals surface area contributed by atoms with Crippen LogP contribution in [-0.2, 0) is 9.53 Å². The average molecular weight is 513 g/mol. The van der Waals surface area contributed by atoms with E-state index in [2.05, 4.69) is 20.8 Å². The number of esters is 1. The van der Waals surface area contributed by atoms with Crippen molar-refractivity contribution in [3.8, 4) is 0 Å². The Kier molecular flexibility index (Phi) is 7.21. The zero-order valence-corrected chi connectivity index (χ0v) is 22.5. The Balaban J connectivity index is 1.32. The van der Waals surface area contributed by atoms with Crippen molar-refractivity contribution in [2.75, 3.05) is 0 Å². The largest absolute Gasteiger partial charge is 0.481 e. The second-order valence-corrected chi connectivity index (χ2v) is 13.2. The fourth-order valence-corrected chi connectivity index (χ4v) is 9.57. The van der Waals surface area contributed by atoms with Crippen molar-refractivity contribution in [2.24, 2.45) is 46.3 Å². The van der Waals surface area contributed by atoms with Crippen LogP contribution in [-0.4, -0.2) is 45.6 Å². The van der Waals surface area contributed by atoms with Gasteiger partial charge >= 0.3 is 11.9 Å². The molecule has 0 bridgehead atoms. The molecule has 4 saturated carbocycles. The van der Waals surface area contributed by atoms with E-state index in [0.717, 1.165) is 38.5 Å². The predicted octanol–water partition coefficient (Wildman–Crippen LogP) is 5.31. The first-order valence-electron chi connectivity index (χ1n) is 14.4. The van der Waals surface area contributed by atoms with Gasteiger partial charge in [-0.05, 0) is 110 Å². The van der Waals surface area contributed by atoms with E-state index < -0.39 is 18.2 Å². The lowest BCUT2D eigenvalue weighted by molar-refractivity contribution is -0.207. The number of aliphatic hydroxyl groups excluding tert-OH is 2. The third-order valence-electron chi connectivity index (χ3n) is 11.6. The van der Waals surface area contributed by atoms with Crippen molar-refractivity contribution >= 4 is 11.9 Å². The second kappa shape index (κ2) is 10.00. The van der Waals surface area contributed by atoms with Crippen LogP contribution < -0.4 is 0 Å². The molecule has 0 heterocycles. The van der Waals surface area contributed by atoms with Crippen LogP contribution in [0.3, 0.4) is 0 Å². The normalized spacial score (nSPS) is 43.7. The van der Waals surface area contributed by atoms with Gasteiger partial charge in [-0.2, -0.15) is 0 Å². The lowest BCUT2D eigenvalue weighted by Crippen LogP contribution is -2.62. The van der Waals surface area contributed by atoms with Crippen molar-refractivity contribution in [1.82, 2.24) is 0 Å². The maximum absolute atomic E-state index is 12.7. The zero-order valence-electron chi connectivity index (χ0n) is 22.5. The SMILES string of the molecule is C[C@H](CCC(=O)O)[C@H]1CC[C@H]2[C@@H]3[C@H](O)C[C@@H]4C[C@H](OC(=O)c5ccccc5)CC[C@]4(C)[C@H]3C[C@H](O)[C@]12C. The van der Waals surface area contributed by atoms with Gasteiger partial charge < -0.3 is 20.1 Å². The second-order valence-electron chi connectivity index (χ2n) is 13.2. The number of fused-ring (bicyclic) bond motifs is 5. The summed E-state index contributed by atoms with van der Waals surface area (Å²) in [6.07, 6.45) is 5.71. The minimum absolute atomic E-state index is 0.00880. The summed E-state index contributed by atoms with van der Waals surface area (Å²) >= 11 is 0. The first kappa shape index (κ1) is 26.7. The molecule has 4 fully saturated rings. The van der Waals surface area contributed by atoms with Crippen molar-refractivity contribution in [3.63, 3.8) is 0 Å². The zero-order chi connectivity index (χ0) is 26.5. The van der Waals surface area contributed by atoms with Crippen LogP contribution in [0.2, 0.25) is 0 Å². The highest BCUT2D eigenvalue weighted by molar-refractivity contribution is 5.89. The van der Waals surface area contributed by atoms with E-state index in [-0.39, 0.29) is 64.8 Å². The molecule has 0 unspecified atom stereocenters. The monoisotopic (exact) mass is 512 g/mol. The molecule has 11 atom stereocenters. The molecule has 1 aromatic carbocycles. The molecule has 0 spiro atoms. The summed E-state index contributed by atoms with van der Waals surface area (Å²) in [7, 11) is 0. The van der Waals surface area contributed by atoms with Crippen molar-refractivity contribution in [3.05, 3.63) is 35.9 Å². The van der Waals surface area contributed by atoms with E-state index >= 15 is 0 Å². The van der Waals surface area contributed by atoms with Crippen LogP contribution in [0.1, 0.15) is 88.9 Å². The quantitative estimate of drug-likeness (QED) is 0.446. The molecule has 0 aliphatic heterocycles. The van der Waals surface area contributed by atoms with E-state index in [1.807, 2.05) is 18.2 Å². The first-order chi connectivity index (χ1) is 17.6. The molecule has 0 amide bonds. The summed E-state index contributed by atoms with van der Waals surface area (Å²) in [5.74, 6) is 0.385. The number of benzene rings is 1. The number of carboxylic acids is 1. The van der Waals surface area contributed by atoms with Crippen LogP contribution in [0, 0.1) is 46.3 Å². The van der Waals surface area contributed by atoms with Gasteiger partial charge in [0.05, 0.1) is 17.8 Å². The summed E-state index contributed by atoms with van der Waals surface area (Å²) in [4.78, 5) is 23.9. The first-order valence-corrected chi connectivity index (χ1v) is 14.4. The molecular formula is C31H44O6. The van der Waals surface area contributed by atoms with Crippen LogP contribution in [0.15, 0.2) is 30.3 Å². The average Bonchev–Trinajstić information content (AvgIpc) is 3.23. The predicted molar refractivity (Wildman–Crippen MR) is 140 cm³/mol. The fourth-order valence-electron chi connectivity index (χ4n) is 9.57. The molecule has 4 aliphatic rings. The molecule has 37 heavy (non-hydrogen) atoms. The van der Waals surface area contributed by atoms with E-state index in [1.165, 1.54) is 0 Å². The molecular weight excluding hydrogens is 468 g/mol. The maximum atomic E-state index is 12.7. The topological polar surface area (TPSA) is 104 Å². The third kappa shape index (κ3) is 4.52. The molecule has 0 aromatic heterocycles. The lowest BCUT2D eigenvalue weighted by Gasteiger charge is -2.63. The molecule has 204 valence electrons. The highest BCUT2D eigenvalue weighted by Gasteiger charge is 2.65. The Bertz CT molecular complexity index is 995. The highest BCUT2D eigenvalue weighted by atomic mass is 16.5. The summed E-state index contributed by atoms with van der Waals surface area (Å²) < 4.78 is 5.92. The highest BCUT2D eigenvalue weighted by Crippen LogP contribution is 2.68. The van der Waals surface area contributed by atoms with Gasteiger partial charge in [0.25, 0.3) is 0 Å². The van der Waals surface area contributed by atoms with E-state index in [0.29, 0.717) is 18.4 Å². The van der Waals surface area contributed by atoms with Crippen molar-refractivity contribution < 1.29 is 29.6 Å². The Morgan fingerprint density at radius 3 is 2.46 bits per heavy atom. The maximum Gasteiger partial charge on any atom is 0.338 e. The molecule has 4 aliphatic carbocycles. The Labute approximate surface area is 220 Å². The number of aliphatic hydroxyl groups is 2. The van der Waals surface area contributed by atoms with E-state index in [1.54, 1.807) is 12.1 Å². The number of hydrogen-bond acceptors (Lipinski definition) is 5. The summed E-state index contributed by atoms with van der Waals surface area (Å²) in [5.41, 5.74) is 0.295. The molecule has 0 saturated heterocycles. The van der Waals surface area contributed by atoms with Gasteiger partial charge in [0.1, 0.15) is 6.10 Å². The van der Waals surface area contributed by atoms with Gasteiger partial charge in [-0.15, -0.1) is 0 Å². The molecule has 5 rings (SSSR count). The molecule has 6 nitrogen and oxygen atoms in total. The smallest absolute Gasteiger partial charge is 0.338 e. The number of hydrogen-bond donors (Lipinski definition) is 3. The van der Waals surface area contributed by atoms with Gasteiger partial charge in [0.15, 0.2) is 0 Å². The standard InChI is InChI=1S/C31H44O6/c1-18(9-12-27(34)35)22-10-11-23-28-24(17-26(33)31(22,23)3)30(2)14-13-21(15-20(30)16-25(28)32)37-29(36)19-7-5-4-6-8-19/h4-8,18,20-26,28,32-33H,9-17H2,1-3H3,(H,34,35)/t18-,20+,21-,22-,23+,24+,25-,26+,28+,30+,31-/m1/s1. The van der Waals surface area contributed by atoms with E-state index in [4.69, 9.17) is 4.74 Å². The number of carbonyl (C=O) groups excluding carboxylic acids is 1. The van der Waals surface area contributed by atoms with E-state index in [9.17, 15) is 24.9 Å². The molecule has 1 aromatic rings. The van der Waals surface area contributed by atoms with Crippen LogP contribution in [0.4, 0.5) is 0 Å². The lowest BCUT2D eigenvalue weighted by atomic mass is 9.43. The number of carbonyl (C=O) groups is 2. The minimum Gasteiger partial charge on any atom is -0.481 e. The summed E-state index contributed by atoms with van der Waals surface area (Å²) in [6, 6.07) is 9.13. The number of rotatable bonds is 6. The number of ether oxygens (including phenoxy) is 1. The summed E-state index contributed by atoms with van der Waals surface area (Å²) in [6.45, 7) is 6.72. The van der Waals surface area contributed by atoms with Gasteiger partial charge in [-0.25, -0.2) is 4.79 Å². The van der Waals surface area contributed by atoms with Crippen LogP contribution >= 0.6 is 0 Å². The Morgan fingerprint density at radius 2 is 1.76 bits per heavy atom. The number of aliphatic carboxylic acids is 1. The molecule has 3 N–H and O–H groups in total. The van der Waals surface area contributed by atoms with Crippen molar-refractivity contribution in [1.29, 1.82) is 0 Å². The van der Waals surface area contributed by atoms with Gasteiger partial charge in [0.2, 0.25) is 0 Å². The van der Waals surface area contributed by atoms with Crippen molar-refractivity contribution in [2.45, 2.75) is 96.9 Å². The number of carboxylic acid groups (broad SMARTS) is 1. The van der Waals surface area contributed by atoms with Crippen LogP contribution in [0.25, 0.3) is 0 Å². The fraction of sp³-hybridized carbons (Fsp3) is 0.742. The van der Waals surface area contributed by atoms with Crippen LogP contribution in [0.5, 0.6) is 0 Å². The Hall–Kier alpha value is -1.92. The summed E-state index contributed by atoms with van der Waals surface area (Å²) in [5, 5.41) is 32.5. The van der Waals surface area contributed by atoms with Gasteiger partial charge in [-0.3, -0.25) is 4.79 Å². The third-order valence-corrected chi connectivity index (χ3v) is 11.6. The molecule has 6 heteroatoms. The van der Waals surface area contributed by atoms with Gasteiger partial charge in [-0.1, -0.05) is 39.0 Å².